The standard InChI is InChI=1S/C20H25N3O/c1-12-6-4-7-15-13(2)18(21-17(12)15)16-10-14-11-22(3)19(24)20(14)8-5-9-23(16)20/h4,6-7,14,16,21H,5,8-11H2,1-3H3/t14-,16-,20-/m0/s1. The molecule has 1 aromatic heterocycles. The van der Waals surface area contributed by atoms with E-state index in [9.17, 15) is 4.79 Å². The summed E-state index contributed by atoms with van der Waals surface area (Å²) in [6.07, 6.45) is 3.28. The van der Waals surface area contributed by atoms with E-state index in [1.807, 2.05) is 11.9 Å². The first-order valence-corrected chi connectivity index (χ1v) is 9.14. The number of likely N-dealkylation sites (N-methyl/N-ethyl adjacent to an activating group) is 1. The van der Waals surface area contributed by atoms with E-state index in [1.54, 1.807) is 0 Å². The molecule has 3 fully saturated rings. The fourth-order valence-electron chi connectivity index (χ4n) is 5.83. The zero-order chi connectivity index (χ0) is 16.6. The van der Waals surface area contributed by atoms with Crippen molar-refractivity contribution in [2.75, 3.05) is 20.1 Å². The van der Waals surface area contributed by atoms with E-state index in [0.717, 1.165) is 32.4 Å². The molecule has 4 nitrogen and oxygen atoms in total. The van der Waals surface area contributed by atoms with Gasteiger partial charge in [-0.3, -0.25) is 9.69 Å². The Morgan fingerprint density at radius 3 is 2.92 bits per heavy atom. The van der Waals surface area contributed by atoms with Gasteiger partial charge in [-0.15, -0.1) is 0 Å². The molecule has 3 aliphatic rings. The summed E-state index contributed by atoms with van der Waals surface area (Å²) in [6.45, 7) is 6.37. The number of para-hydroxylation sites is 1. The number of nitrogens with one attached hydrogen (secondary N) is 1. The molecule has 5 rings (SSSR count). The molecule has 3 saturated heterocycles. The number of hydrogen-bond acceptors (Lipinski definition) is 2. The molecule has 0 aliphatic carbocycles. The van der Waals surface area contributed by atoms with E-state index in [0.29, 0.717) is 17.9 Å². The maximum Gasteiger partial charge on any atom is 0.243 e. The molecule has 3 aliphatic heterocycles. The fraction of sp³-hybridized carbons (Fsp3) is 0.550. The minimum absolute atomic E-state index is 0.210. The number of aromatic nitrogens is 1. The van der Waals surface area contributed by atoms with Crippen LogP contribution in [0.1, 0.15) is 42.1 Å². The van der Waals surface area contributed by atoms with Crippen molar-refractivity contribution in [2.24, 2.45) is 5.92 Å². The number of likely N-dealkylation sites (tertiary alicyclic amines) is 1. The van der Waals surface area contributed by atoms with Gasteiger partial charge < -0.3 is 9.88 Å². The lowest BCUT2D eigenvalue weighted by Crippen LogP contribution is -2.49. The van der Waals surface area contributed by atoms with Gasteiger partial charge in [-0.05, 0) is 50.8 Å². The summed E-state index contributed by atoms with van der Waals surface area (Å²) in [7, 11) is 1.97. The molecule has 1 aromatic carbocycles. The number of benzene rings is 1. The van der Waals surface area contributed by atoms with Crippen LogP contribution in [0.2, 0.25) is 0 Å². The highest BCUT2D eigenvalue weighted by molar-refractivity contribution is 5.90. The van der Waals surface area contributed by atoms with Crippen molar-refractivity contribution in [3.63, 3.8) is 0 Å². The van der Waals surface area contributed by atoms with Crippen molar-refractivity contribution >= 4 is 16.8 Å². The van der Waals surface area contributed by atoms with Gasteiger partial charge in [0, 0.05) is 36.1 Å². The molecule has 3 atom stereocenters. The molecule has 2 aromatic rings. The van der Waals surface area contributed by atoms with E-state index >= 15 is 0 Å². The first-order chi connectivity index (χ1) is 11.5. The van der Waals surface area contributed by atoms with Crippen molar-refractivity contribution in [2.45, 2.75) is 44.7 Å². The number of hydrogen-bond donors (Lipinski definition) is 1. The summed E-state index contributed by atoms with van der Waals surface area (Å²) in [5.74, 6) is 0.840. The largest absolute Gasteiger partial charge is 0.357 e. The number of amides is 1. The summed E-state index contributed by atoms with van der Waals surface area (Å²) < 4.78 is 0. The lowest BCUT2D eigenvalue weighted by molar-refractivity contribution is -0.135. The zero-order valence-corrected chi connectivity index (χ0v) is 14.7. The Hall–Kier alpha value is -1.81. The molecule has 0 bridgehead atoms. The molecule has 1 spiro atoms. The smallest absolute Gasteiger partial charge is 0.243 e. The fourth-order valence-corrected chi connectivity index (χ4v) is 5.83. The van der Waals surface area contributed by atoms with Crippen LogP contribution in [0, 0.1) is 19.8 Å². The topological polar surface area (TPSA) is 39.3 Å². The van der Waals surface area contributed by atoms with E-state index in [4.69, 9.17) is 0 Å². The molecular formula is C20H25N3O. The molecule has 0 unspecified atom stereocenters. The second-order valence-electron chi connectivity index (χ2n) is 8.02. The summed E-state index contributed by atoms with van der Waals surface area (Å²) in [5, 5.41) is 1.33. The van der Waals surface area contributed by atoms with Crippen LogP contribution in [0.5, 0.6) is 0 Å². The minimum atomic E-state index is -0.210. The molecule has 126 valence electrons. The predicted molar refractivity (Wildman–Crippen MR) is 94.9 cm³/mol. The minimum Gasteiger partial charge on any atom is -0.357 e. The Morgan fingerprint density at radius 2 is 2.12 bits per heavy atom. The van der Waals surface area contributed by atoms with Gasteiger partial charge in [-0.25, -0.2) is 0 Å². The van der Waals surface area contributed by atoms with Gasteiger partial charge in [0.25, 0.3) is 0 Å². The Labute approximate surface area is 142 Å². The number of nitrogens with zero attached hydrogens (tertiary/aromatic N) is 2. The average Bonchev–Trinajstić information content (AvgIpc) is 3.25. The molecule has 4 heteroatoms. The summed E-state index contributed by atoms with van der Waals surface area (Å²) in [4.78, 5) is 21.2. The van der Waals surface area contributed by atoms with Crippen LogP contribution >= 0.6 is 0 Å². The van der Waals surface area contributed by atoms with E-state index in [2.05, 4.69) is 41.9 Å². The third-order valence-electron chi connectivity index (χ3n) is 6.91. The van der Waals surface area contributed by atoms with Gasteiger partial charge in [0.1, 0.15) is 5.54 Å². The van der Waals surface area contributed by atoms with Crippen LogP contribution in [-0.4, -0.2) is 46.4 Å². The quantitative estimate of drug-likeness (QED) is 0.875. The normalized spacial score (nSPS) is 32.8. The highest BCUT2D eigenvalue weighted by Gasteiger charge is 2.64. The summed E-state index contributed by atoms with van der Waals surface area (Å²) in [6, 6.07) is 6.89. The van der Waals surface area contributed by atoms with Gasteiger partial charge in [0.05, 0.1) is 6.04 Å². The number of aryl methyl sites for hydroxylation is 2. The lowest BCUT2D eigenvalue weighted by atomic mass is 9.85. The van der Waals surface area contributed by atoms with Gasteiger partial charge >= 0.3 is 0 Å². The lowest BCUT2D eigenvalue weighted by Gasteiger charge is -2.33. The Balaban J connectivity index is 1.64. The molecular weight excluding hydrogens is 298 g/mol. The monoisotopic (exact) mass is 323 g/mol. The maximum absolute atomic E-state index is 13.0. The van der Waals surface area contributed by atoms with Gasteiger partial charge in [0.2, 0.25) is 5.91 Å². The Kier molecular flexibility index (Phi) is 2.80. The van der Waals surface area contributed by atoms with E-state index in [-0.39, 0.29) is 5.54 Å². The van der Waals surface area contributed by atoms with E-state index in [1.165, 1.54) is 27.7 Å². The number of aromatic amines is 1. The van der Waals surface area contributed by atoms with Crippen molar-refractivity contribution in [1.82, 2.24) is 14.8 Å². The second kappa shape index (κ2) is 4.63. The third kappa shape index (κ3) is 1.55. The van der Waals surface area contributed by atoms with E-state index < -0.39 is 0 Å². The van der Waals surface area contributed by atoms with Gasteiger partial charge in [-0.2, -0.15) is 0 Å². The van der Waals surface area contributed by atoms with Crippen molar-refractivity contribution in [1.29, 1.82) is 0 Å². The number of carbonyl (C=O) groups is 1. The van der Waals surface area contributed by atoms with Crippen LogP contribution < -0.4 is 0 Å². The Bertz CT molecular complexity index is 854. The number of fused-ring (bicyclic) bond motifs is 1. The van der Waals surface area contributed by atoms with Crippen LogP contribution in [-0.2, 0) is 4.79 Å². The first kappa shape index (κ1) is 14.5. The van der Waals surface area contributed by atoms with Gasteiger partial charge in [0.15, 0.2) is 0 Å². The molecule has 0 radical (unpaired) electrons. The number of carbonyl (C=O) groups excluding carboxylic acids is 1. The highest BCUT2D eigenvalue weighted by atomic mass is 16.2. The Morgan fingerprint density at radius 1 is 1.29 bits per heavy atom. The van der Waals surface area contributed by atoms with Crippen LogP contribution in [0.3, 0.4) is 0 Å². The summed E-state index contributed by atoms with van der Waals surface area (Å²) >= 11 is 0. The van der Waals surface area contributed by atoms with Gasteiger partial charge in [-0.1, -0.05) is 18.2 Å². The van der Waals surface area contributed by atoms with Crippen molar-refractivity contribution < 1.29 is 4.79 Å². The second-order valence-corrected chi connectivity index (χ2v) is 8.02. The number of H-pyrrole nitrogens is 1. The van der Waals surface area contributed by atoms with Crippen molar-refractivity contribution in [3.8, 4) is 0 Å². The number of rotatable bonds is 1. The van der Waals surface area contributed by atoms with Crippen LogP contribution in [0.4, 0.5) is 0 Å². The highest BCUT2D eigenvalue weighted by Crippen LogP contribution is 2.56. The SMILES string of the molecule is Cc1c([C@@H]2C[C@H]3CN(C)C(=O)[C@]34CCCN24)[nH]c2c(C)cccc12. The first-order valence-electron chi connectivity index (χ1n) is 9.14. The maximum atomic E-state index is 13.0. The van der Waals surface area contributed by atoms with Crippen LogP contribution in [0.15, 0.2) is 18.2 Å². The molecule has 4 heterocycles. The molecule has 24 heavy (non-hydrogen) atoms. The third-order valence-corrected chi connectivity index (χ3v) is 6.91. The predicted octanol–water partition coefficient (Wildman–Crippen LogP) is 3.15. The zero-order valence-electron chi connectivity index (χ0n) is 14.7. The van der Waals surface area contributed by atoms with Crippen molar-refractivity contribution in [3.05, 3.63) is 35.0 Å². The molecule has 0 saturated carbocycles. The molecule has 1 amide bonds. The summed E-state index contributed by atoms with van der Waals surface area (Å²) in [5.41, 5.74) is 5.05. The molecule has 1 N–H and O–H groups in total. The average molecular weight is 323 g/mol. The van der Waals surface area contributed by atoms with Crippen LogP contribution in [0.25, 0.3) is 10.9 Å².